The number of nitrogens with two attached hydrogens (primary N) is 1. The summed E-state index contributed by atoms with van der Waals surface area (Å²) in [7, 11) is 5.76. The third kappa shape index (κ3) is 7.85. The molecule has 2 aromatic rings. The van der Waals surface area contributed by atoms with Crippen molar-refractivity contribution in [1.82, 2.24) is 20.0 Å². The van der Waals surface area contributed by atoms with Crippen LogP contribution >= 0.6 is 24.0 Å². The molecule has 0 saturated carbocycles. The Hall–Kier alpha value is -2.30. The maximum Gasteiger partial charge on any atom is 0.255 e. The van der Waals surface area contributed by atoms with Crippen molar-refractivity contribution in [3.05, 3.63) is 47.3 Å². The zero-order valence-corrected chi connectivity index (χ0v) is 20.7. The second-order valence-electron chi connectivity index (χ2n) is 7.35. The van der Waals surface area contributed by atoms with Gasteiger partial charge in [-0.1, -0.05) is 26.0 Å². The van der Waals surface area contributed by atoms with Gasteiger partial charge in [0.15, 0.2) is 12.6 Å². The summed E-state index contributed by atoms with van der Waals surface area (Å²) in [6.07, 6.45) is 2.91. The smallest absolute Gasteiger partial charge is 0.255 e. The summed E-state index contributed by atoms with van der Waals surface area (Å²) < 4.78 is 7.14. The molecule has 8 nitrogen and oxygen atoms in total. The first-order valence-electron chi connectivity index (χ1n) is 9.74. The van der Waals surface area contributed by atoms with Gasteiger partial charge in [-0.05, 0) is 30.0 Å². The molecule has 0 aliphatic heterocycles. The van der Waals surface area contributed by atoms with Crippen LogP contribution in [0.4, 0.5) is 0 Å². The normalized spacial score (nSPS) is 11.2. The highest BCUT2D eigenvalue weighted by molar-refractivity contribution is 14.0. The van der Waals surface area contributed by atoms with E-state index in [0.29, 0.717) is 11.7 Å². The number of ether oxygens (including phenoxy) is 1. The lowest BCUT2D eigenvalue weighted by Crippen LogP contribution is -2.39. The van der Waals surface area contributed by atoms with E-state index < -0.39 is 5.91 Å². The van der Waals surface area contributed by atoms with E-state index in [0.717, 1.165) is 36.7 Å². The molecule has 1 aromatic heterocycles. The fourth-order valence-electron chi connectivity index (χ4n) is 3.10. The number of carbonyl (C=O) groups is 1. The average molecular weight is 528 g/mol. The number of aliphatic imine (C=N–C) groups is 1. The summed E-state index contributed by atoms with van der Waals surface area (Å²) in [6, 6.07) is 7.65. The lowest BCUT2D eigenvalue weighted by Gasteiger charge is -2.22. The SMILES string of the molecule is CN=C(NCCc1ccc(OCC(N)=O)cc1)N(C)Cc1cn(C)nc1C(C)C.I. The van der Waals surface area contributed by atoms with Crippen LogP contribution in [0.2, 0.25) is 0 Å². The average Bonchev–Trinajstić information content (AvgIpc) is 3.04. The van der Waals surface area contributed by atoms with Crippen LogP contribution < -0.4 is 15.8 Å². The number of nitrogens with one attached hydrogen (secondary N) is 1. The molecule has 2 rings (SSSR count). The Morgan fingerprint density at radius 3 is 2.57 bits per heavy atom. The van der Waals surface area contributed by atoms with Gasteiger partial charge in [0.1, 0.15) is 5.75 Å². The monoisotopic (exact) mass is 528 g/mol. The molecule has 0 radical (unpaired) electrons. The van der Waals surface area contributed by atoms with Gasteiger partial charge in [-0.3, -0.25) is 14.5 Å². The minimum absolute atomic E-state index is 0. The minimum Gasteiger partial charge on any atom is -0.484 e. The summed E-state index contributed by atoms with van der Waals surface area (Å²) in [4.78, 5) is 17.3. The Balaban J connectivity index is 0.00000450. The van der Waals surface area contributed by atoms with E-state index in [1.165, 1.54) is 5.56 Å². The maximum atomic E-state index is 10.8. The highest BCUT2D eigenvalue weighted by Crippen LogP contribution is 2.18. The number of hydrogen-bond acceptors (Lipinski definition) is 4. The van der Waals surface area contributed by atoms with Crippen molar-refractivity contribution in [2.45, 2.75) is 32.7 Å². The van der Waals surface area contributed by atoms with Crippen LogP contribution in [0.15, 0.2) is 35.5 Å². The molecule has 1 aromatic carbocycles. The molecule has 0 unspecified atom stereocenters. The zero-order valence-electron chi connectivity index (χ0n) is 18.4. The summed E-state index contributed by atoms with van der Waals surface area (Å²) in [5.41, 5.74) is 8.57. The number of guanidine groups is 1. The molecule has 0 fully saturated rings. The molecule has 9 heteroatoms. The molecule has 0 atom stereocenters. The van der Waals surface area contributed by atoms with Crippen molar-refractivity contribution in [2.24, 2.45) is 17.8 Å². The number of benzene rings is 1. The van der Waals surface area contributed by atoms with E-state index in [2.05, 4.69) is 40.4 Å². The van der Waals surface area contributed by atoms with Gasteiger partial charge in [0, 0.05) is 46.0 Å². The first kappa shape index (κ1) is 25.7. The largest absolute Gasteiger partial charge is 0.484 e. The molecule has 3 N–H and O–H groups in total. The maximum absolute atomic E-state index is 10.8. The third-order valence-electron chi connectivity index (χ3n) is 4.47. The number of primary amides is 1. The lowest BCUT2D eigenvalue weighted by molar-refractivity contribution is -0.119. The quantitative estimate of drug-likeness (QED) is 0.296. The molecule has 30 heavy (non-hydrogen) atoms. The predicted molar refractivity (Wildman–Crippen MR) is 130 cm³/mol. The Morgan fingerprint density at radius 2 is 2.00 bits per heavy atom. The number of rotatable bonds is 9. The van der Waals surface area contributed by atoms with Crippen LogP contribution in [-0.4, -0.2) is 53.8 Å². The Bertz CT molecular complexity index is 833. The lowest BCUT2D eigenvalue weighted by atomic mass is 10.1. The van der Waals surface area contributed by atoms with Crippen molar-refractivity contribution in [3.63, 3.8) is 0 Å². The number of nitrogens with zero attached hydrogens (tertiary/aromatic N) is 4. The highest BCUT2D eigenvalue weighted by Gasteiger charge is 2.15. The van der Waals surface area contributed by atoms with Crippen molar-refractivity contribution >= 4 is 35.8 Å². The van der Waals surface area contributed by atoms with E-state index >= 15 is 0 Å². The number of amides is 1. The fraction of sp³-hybridized carbons (Fsp3) is 0.476. The summed E-state index contributed by atoms with van der Waals surface area (Å²) in [5.74, 6) is 1.36. The molecule has 0 saturated heterocycles. The molecular formula is C21H33IN6O2. The Kier molecular flexibility index (Phi) is 10.6. The van der Waals surface area contributed by atoms with E-state index in [9.17, 15) is 4.79 Å². The van der Waals surface area contributed by atoms with E-state index in [4.69, 9.17) is 10.5 Å². The molecular weight excluding hydrogens is 495 g/mol. The highest BCUT2D eigenvalue weighted by atomic mass is 127. The van der Waals surface area contributed by atoms with Crippen molar-refractivity contribution in [3.8, 4) is 5.75 Å². The van der Waals surface area contributed by atoms with Crippen LogP contribution in [0.1, 0.15) is 36.6 Å². The molecule has 0 bridgehead atoms. The second kappa shape index (κ2) is 12.4. The minimum atomic E-state index is -0.486. The molecule has 1 amide bonds. The second-order valence-corrected chi connectivity index (χ2v) is 7.35. The van der Waals surface area contributed by atoms with Crippen LogP contribution in [0.25, 0.3) is 0 Å². The van der Waals surface area contributed by atoms with Gasteiger partial charge in [0.25, 0.3) is 5.91 Å². The van der Waals surface area contributed by atoms with Gasteiger partial charge < -0.3 is 20.7 Å². The van der Waals surface area contributed by atoms with E-state index in [1.54, 1.807) is 7.05 Å². The van der Waals surface area contributed by atoms with E-state index in [1.807, 2.05) is 43.0 Å². The van der Waals surface area contributed by atoms with E-state index in [-0.39, 0.29) is 30.6 Å². The van der Waals surface area contributed by atoms with Gasteiger partial charge in [-0.15, -0.1) is 24.0 Å². The van der Waals surface area contributed by atoms with Crippen LogP contribution in [0, 0.1) is 0 Å². The standard InChI is InChI=1S/C21H32N6O2.HI/c1-15(2)20-17(13-27(5)25-20)12-26(4)21(23-3)24-11-10-16-6-8-18(9-7-16)29-14-19(22)28;/h6-9,13,15H,10-12,14H2,1-5H3,(H2,22,28)(H,23,24);1H. The number of carbonyl (C=O) groups excluding carboxylic acids is 1. The van der Waals surface area contributed by atoms with Gasteiger partial charge in [-0.25, -0.2) is 0 Å². The molecule has 0 aliphatic rings. The molecule has 166 valence electrons. The van der Waals surface area contributed by atoms with Crippen molar-refractivity contribution in [1.29, 1.82) is 0 Å². The van der Waals surface area contributed by atoms with Gasteiger partial charge >= 0.3 is 0 Å². The van der Waals surface area contributed by atoms with Crippen LogP contribution in [0.3, 0.4) is 0 Å². The molecule has 1 heterocycles. The predicted octanol–water partition coefficient (Wildman–Crippen LogP) is 2.28. The number of aryl methyl sites for hydroxylation is 1. The fourth-order valence-corrected chi connectivity index (χ4v) is 3.10. The summed E-state index contributed by atoms with van der Waals surface area (Å²) >= 11 is 0. The van der Waals surface area contributed by atoms with Gasteiger partial charge in [0.2, 0.25) is 0 Å². The first-order chi connectivity index (χ1) is 13.8. The first-order valence-corrected chi connectivity index (χ1v) is 9.74. The Morgan fingerprint density at radius 1 is 1.33 bits per heavy atom. The number of hydrogen-bond donors (Lipinski definition) is 2. The summed E-state index contributed by atoms with van der Waals surface area (Å²) in [6.45, 7) is 5.70. The van der Waals surface area contributed by atoms with Gasteiger partial charge in [-0.2, -0.15) is 5.10 Å². The topological polar surface area (TPSA) is 97.8 Å². The summed E-state index contributed by atoms with van der Waals surface area (Å²) in [5, 5.41) is 7.98. The molecule has 0 spiro atoms. The van der Waals surface area contributed by atoms with Crippen LogP contribution in [-0.2, 0) is 24.8 Å². The zero-order chi connectivity index (χ0) is 21.4. The van der Waals surface area contributed by atoms with Crippen molar-refractivity contribution < 1.29 is 9.53 Å². The third-order valence-corrected chi connectivity index (χ3v) is 4.47. The van der Waals surface area contributed by atoms with Gasteiger partial charge in [0.05, 0.1) is 5.69 Å². The number of aromatic nitrogens is 2. The van der Waals surface area contributed by atoms with Crippen molar-refractivity contribution in [2.75, 3.05) is 27.2 Å². The molecule has 0 aliphatic carbocycles. The van der Waals surface area contributed by atoms with Crippen LogP contribution in [0.5, 0.6) is 5.75 Å². The number of halogens is 1. The Labute approximate surface area is 195 Å².